The van der Waals surface area contributed by atoms with Crippen molar-refractivity contribution >= 4 is 0 Å². The van der Waals surface area contributed by atoms with Crippen LogP contribution in [-0.2, 0) is 6.54 Å². The summed E-state index contributed by atoms with van der Waals surface area (Å²) in [5, 5.41) is 3.62. The van der Waals surface area contributed by atoms with Crippen molar-refractivity contribution in [2.45, 2.75) is 39.7 Å². The molecule has 2 rings (SSSR count). The van der Waals surface area contributed by atoms with Gasteiger partial charge < -0.3 is 5.32 Å². The normalized spacial score (nSPS) is 19.5. The van der Waals surface area contributed by atoms with Crippen LogP contribution in [0.2, 0.25) is 0 Å². The Balaban J connectivity index is 1.83. The van der Waals surface area contributed by atoms with E-state index in [-0.39, 0.29) is 0 Å². The lowest BCUT2D eigenvalue weighted by molar-refractivity contribution is 0.440. The van der Waals surface area contributed by atoms with Crippen LogP contribution >= 0.6 is 0 Å². The number of rotatable bonds is 4. The first-order chi connectivity index (χ1) is 8.27. The van der Waals surface area contributed by atoms with Crippen molar-refractivity contribution in [3.05, 3.63) is 47.0 Å². The monoisotopic (exact) mass is 229 g/mol. The first-order valence-electron chi connectivity index (χ1n) is 6.68. The highest BCUT2D eigenvalue weighted by Crippen LogP contribution is 2.18. The third-order valence-electron chi connectivity index (χ3n) is 3.76. The molecule has 0 bridgehead atoms. The minimum atomic E-state index is 0.837. The Morgan fingerprint density at radius 3 is 2.59 bits per heavy atom. The molecule has 1 heteroatoms. The van der Waals surface area contributed by atoms with Crippen LogP contribution in [0.1, 0.15) is 36.0 Å². The lowest BCUT2D eigenvalue weighted by Gasteiger charge is -2.19. The first kappa shape index (κ1) is 12.4. The van der Waals surface area contributed by atoms with Gasteiger partial charge in [-0.05, 0) is 62.3 Å². The Hall–Kier alpha value is -1.08. The van der Waals surface area contributed by atoms with E-state index in [9.17, 15) is 0 Å². The maximum absolute atomic E-state index is 3.62. The number of hydrogen-bond donors (Lipinski definition) is 1. The summed E-state index contributed by atoms with van der Waals surface area (Å²) in [5.74, 6) is 0.837. The SMILES string of the molecule is Cc1cccc(C)c1CNCC1CC=CCC1. The van der Waals surface area contributed by atoms with Crippen LogP contribution < -0.4 is 5.32 Å². The van der Waals surface area contributed by atoms with Gasteiger partial charge >= 0.3 is 0 Å². The molecule has 0 aliphatic heterocycles. The van der Waals surface area contributed by atoms with Gasteiger partial charge in [0.05, 0.1) is 0 Å². The lowest BCUT2D eigenvalue weighted by Crippen LogP contribution is -2.23. The highest BCUT2D eigenvalue weighted by Gasteiger charge is 2.09. The van der Waals surface area contributed by atoms with Gasteiger partial charge in [-0.3, -0.25) is 0 Å². The molecule has 1 aliphatic rings. The van der Waals surface area contributed by atoms with Crippen LogP contribution in [0.3, 0.4) is 0 Å². The van der Waals surface area contributed by atoms with Gasteiger partial charge in [0.15, 0.2) is 0 Å². The number of allylic oxidation sites excluding steroid dienone is 2. The second kappa shape index (κ2) is 6.02. The van der Waals surface area contributed by atoms with Crippen molar-refractivity contribution < 1.29 is 0 Å². The van der Waals surface area contributed by atoms with Gasteiger partial charge in [0.1, 0.15) is 0 Å². The van der Waals surface area contributed by atoms with Crippen LogP contribution in [-0.4, -0.2) is 6.54 Å². The molecule has 0 saturated heterocycles. The fraction of sp³-hybridized carbons (Fsp3) is 0.500. The molecule has 0 amide bonds. The molecule has 0 spiro atoms. The molecule has 92 valence electrons. The fourth-order valence-electron chi connectivity index (χ4n) is 2.57. The Kier molecular flexibility index (Phi) is 4.38. The molecule has 1 atom stereocenters. The Labute approximate surface area is 105 Å². The molecule has 0 fully saturated rings. The summed E-state index contributed by atoms with van der Waals surface area (Å²) in [7, 11) is 0. The maximum Gasteiger partial charge on any atom is 0.0210 e. The molecular weight excluding hydrogens is 206 g/mol. The highest BCUT2D eigenvalue weighted by molar-refractivity contribution is 5.33. The van der Waals surface area contributed by atoms with Crippen LogP contribution in [0.15, 0.2) is 30.4 Å². The van der Waals surface area contributed by atoms with E-state index < -0.39 is 0 Å². The zero-order valence-electron chi connectivity index (χ0n) is 11.0. The standard InChI is InChI=1S/C16H23N/c1-13-7-6-8-14(2)16(13)12-17-11-15-9-4-3-5-10-15/h3-4,6-8,15,17H,5,9-12H2,1-2H3. The zero-order chi connectivity index (χ0) is 12.1. The third kappa shape index (κ3) is 3.44. The Bertz CT molecular complexity index is 372. The number of aryl methyl sites for hydroxylation is 2. The quantitative estimate of drug-likeness (QED) is 0.775. The highest BCUT2D eigenvalue weighted by atomic mass is 14.9. The van der Waals surface area contributed by atoms with Crippen molar-refractivity contribution in [3.8, 4) is 0 Å². The van der Waals surface area contributed by atoms with Gasteiger partial charge in [-0.2, -0.15) is 0 Å². The predicted octanol–water partition coefficient (Wildman–Crippen LogP) is 3.75. The summed E-state index contributed by atoms with van der Waals surface area (Å²) >= 11 is 0. The van der Waals surface area contributed by atoms with Gasteiger partial charge in [0.25, 0.3) is 0 Å². The van der Waals surface area contributed by atoms with E-state index in [1.807, 2.05) is 0 Å². The van der Waals surface area contributed by atoms with E-state index in [0.29, 0.717) is 0 Å². The maximum atomic E-state index is 3.62. The summed E-state index contributed by atoms with van der Waals surface area (Å²) in [5.41, 5.74) is 4.28. The molecule has 1 nitrogen and oxygen atoms in total. The molecule has 0 radical (unpaired) electrons. The number of hydrogen-bond acceptors (Lipinski definition) is 1. The molecule has 1 aliphatic carbocycles. The van der Waals surface area contributed by atoms with Crippen LogP contribution in [0.25, 0.3) is 0 Å². The Morgan fingerprint density at radius 2 is 1.94 bits per heavy atom. The average molecular weight is 229 g/mol. The predicted molar refractivity (Wildman–Crippen MR) is 74.1 cm³/mol. The summed E-state index contributed by atoms with van der Waals surface area (Å²) in [4.78, 5) is 0. The van der Waals surface area contributed by atoms with Crippen molar-refractivity contribution in [3.63, 3.8) is 0 Å². The zero-order valence-corrected chi connectivity index (χ0v) is 11.0. The van der Waals surface area contributed by atoms with Crippen LogP contribution in [0.4, 0.5) is 0 Å². The molecule has 1 aromatic carbocycles. The summed E-state index contributed by atoms with van der Waals surface area (Å²) < 4.78 is 0. The van der Waals surface area contributed by atoms with E-state index in [2.05, 4.69) is 49.5 Å². The number of benzene rings is 1. The first-order valence-corrected chi connectivity index (χ1v) is 6.68. The van der Waals surface area contributed by atoms with Gasteiger partial charge in [0, 0.05) is 6.54 Å². The van der Waals surface area contributed by atoms with E-state index in [0.717, 1.165) is 19.0 Å². The summed E-state index contributed by atoms with van der Waals surface area (Å²) in [6, 6.07) is 6.54. The lowest BCUT2D eigenvalue weighted by atomic mass is 9.94. The fourth-order valence-corrected chi connectivity index (χ4v) is 2.57. The summed E-state index contributed by atoms with van der Waals surface area (Å²) in [6.45, 7) is 6.57. The minimum absolute atomic E-state index is 0.837. The number of nitrogens with one attached hydrogen (secondary N) is 1. The van der Waals surface area contributed by atoms with Crippen LogP contribution in [0.5, 0.6) is 0 Å². The van der Waals surface area contributed by atoms with E-state index in [1.54, 1.807) is 0 Å². The van der Waals surface area contributed by atoms with Crippen molar-refractivity contribution in [1.82, 2.24) is 5.32 Å². The third-order valence-corrected chi connectivity index (χ3v) is 3.76. The van der Waals surface area contributed by atoms with E-state index >= 15 is 0 Å². The second-order valence-electron chi connectivity index (χ2n) is 5.15. The molecule has 0 aromatic heterocycles. The molecule has 1 N–H and O–H groups in total. The molecule has 0 saturated carbocycles. The van der Waals surface area contributed by atoms with Crippen LogP contribution in [0, 0.1) is 19.8 Å². The van der Waals surface area contributed by atoms with Crippen molar-refractivity contribution in [2.24, 2.45) is 5.92 Å². The topological polar surface area (TPSA) is 12.0 Å². The largest absolute Gasteiger partial charge is 0.312 e. The second-order valence-corrected chi connectivity index (χ2v) is 5.15. The molecule has 1 aromatic rings. The summed E-state index contributed by atoms with van der Waals surface area (Å²) in [6.07, 6.45) is 8.49. The van der Waals surface area contributed by atoms with Crippen molar-refractivity contribution in [1.29, 1.82) is 0 Å². The molecule has 17 heavy (non-hydrogen) atoms. The van der Waals surface area contributed by atoms with Gasteiger partial charge in [-0.15, -0.1) is 0 Å². The minimum Gasteiger partial charge on any atom is -0.312 e. The molecule has 1 unspecified atom stereocenters. The molecule has 0 heterocycles. The van der Waals surface area contributed by atoms with Crippen molar-refractivity contribution in [2.75, 3.05) is 6.54 Å². The smallest absolute Gasteiger partial charge is 0.0210 e. The average Bonchev–Trinajstić information content (AvgIpc) is 2.34. The van der Waals surface area contributed by atoms with Gasteiger partial charge in [0.2, 0.25) is 0 Å². The van der Waals surface area contributed by atoms with Gasteiger partial charge in [-0.1, -0.05) is 30.4 Å². The van der Waals surface area contributed by atoms with E-state index in [1.165, 1.54) is 36.0 Å². The van der Waals surface area contributed by atoms with E-state index in [4.69, 9.17) is 0 Å². The molecular formula is C16H23N. The Morgan fingerprint density at radius 1 is 1.18 bits per heavy atom. The van der Waals surface area contributed by atoms with Gasteiger partial charge in [-0.25, -0.2) is 0 Å².